The van der Waals surface area contributed by atoms with Gasteiger partial charge in [-0.15, -0.1) is 11.3 Å². The van der Waals surface area contributed by atoms with Gasteiger partial charge < -0.3 is 16.2 Å². The maximum Gasteiger partial charge on any atom is 0.417 e. The fourth-order valence-corrected chi connectivity index (χ4v) is 3.60. The number of halogens is 3. The molecule has 2 aromatic carbocycles. The zero-order valence-corrected chi connectivity index (χ0v) is 15.4. The van der Waals surface area contributed by atoms with Crippen LogP contribution in [0.1, 0.15) is 31.2 Å². The number of carbonyl (C=O) groups excluding carboxylic acids is 2. The number of phenols is 1. The van der Waals surface area contributed by atoms with E-state index in [0.29, 0.717) is 10.3 Å². The fourth-order valence-electron chi connectivity index (χ4n) is 2.60. The molecule has 148 valence electrons. The zero-order chi connectivity index (χ0) is 21.2. The number of rotatable bonds is 3. The summed E-state index contributed by atoms with van der Waals surface area (Å²) in [4.78, 5) is 23.4. The van der Waals surface area contributed by atoms with Crippen molar-refractivity contribution in [2.24, 2.45) is 5.73 Å². The fraction of sp³-hybridized carbons (Fsp3) is 0.100. The summed E-state index contributed by atoms with van der Waals surface area (Å²) in [7, 11) is 0. The average molecular weight is 418 g/mol. The number of alkyl halides is 3. The second-order valence-electron chi connectivity index (χ2n) is 5.91. The lowest BCUT2D eigenvalue weighted by Crippen LogP contribution is -2.22. The van der Waals surface area contributed by atoms with Gasteiger partial charge in [0.05, 0.1) is 22.5 Å². The topological polar surface area (TPSA) is 92.4 Å². The molecule has 0 aliphatic carbocycles. The Bertz CT molecular complexity index is 1170. The molecule has 29 heavy (non-hydrogen) atoms. The van der Waals surface area contributed by atoms with Crippen LogP contribution < -0.4 is 11.1 Å². The second kappa shape index (κ2) is 7.85. The van der Waals surface area contributed by atoms with Gasteiger partial charge in [-0.2, -0.15) is 13.2 Å². The molecule has 3 rings (SSSR count). The van der Waals surface area contributed by atoms with Gasteiger partial charge in [0.15, 0.2) is 0 Å². The minimum Gasteiger partial charge on any atom is -0.507 e. The third-order valence-electron chi connectivity index (χ3n) is 3.92. The minimum atomic E-state index is -4.50. The number of aromatic hydroxyl groups is 1. The van der Waals surface area contributed by atoms with E-state index in [0.717, 1.165) is 17.4 Å². The number of carbonyl (C=O) groups is 2. The highest BCUT2D eigenvalue weighted by Gasteiger charge is 2.33. The predicted octanol–water partition coefficient (Wildman–Crippen LogP) is 3.51. The highest BCUT2D eigenvalue weighted by atomic mass is 32.1. The van der Waals surface area contributed by atoms with Crippen molar-refractivity contribution in [2.75, 3.05) is 6.54 Å². The molecule has 4 N–H and O–H groups in total. The van der Waals surface area contributed by atoms with E-state index in [9.17, 15) is 27.9 Å². The van der Waals surface area contributed by atoms with Crippen molar-refractivity contribution < 1.29 is 27.9 Å². The molecule has 0 bridgehead atoms. The number of fused-ring (bicyclic) bond motifs is 1. The average Bonchev–Trinajstić information content (AvgIpc) is 3.08. The van der Waals surface area contributed by atoms with Crippen LogP contribution in [0, 0.1) is 11.8 Å². The molecule has 9 heteroatoms. The summed E-state index contributed by atoms with van der Waals surface area (Å²) in [6.07, 6.45) is -4.50. The van der Waals surface area contributed by atoms with Gasteiger partial charge in [0.25, 0.3) is 11.8 Å². The van der Waals surface area contributed by atoms with Gasteiger partial charge in [-0.25, -0.2) is 0 Å². The molecular formula is C20H13F3N2O3S. The largest absolute Gasteiger partial charge is 0.507 e. The summed E-state index contributed by atoms with van der Waals surface area (Å²) in [6.45, 7) is -0.0580. The third-order valence-corrected chi connectivity index (χ3v) is 5.02. The first-order chi connectivity index (χ1) is 13.7. The van der Waals surface area contributed by atoms with Crippen molar-refractivity contribution in [1.82, 2.24) is 5.32 Å². The first-order valence-corrected chi connectivity index (χ1v) is 8.98. The number of amides is 2. The Morgan fingerprint density at radius 3 is 2.59 bits per heavy atom. The highest BCUT2D eigenvalue weighted by Crippen LogP contribution is 2.37. The van der Waals surface area contributed by atoms with Crippen molar-refractivity contribution in [3.63, 3.8) is 0 Å². The standard InChI is InChI=1S/C20H13F3N2O3S/c21-20(22,23)14-4-1-5-16-13(14)10-17(29-16)19(28)25-8-2-3-11-6-7-12(18(24)27)15(26)9-11/h1,4-7,9-10,26H,8H2,(H2,24,27)(H,25,28). The Labute approximate surface area is 167 Å². The van der Waals surface area contributed by atoms with Gasteiger partial charge in [0.1, 0.15) is 5.75 Å². The van der Waals surface area contributed by atoms with E-state index in [1.54, 1.807) is 0 Å². The summed E-state index contributed by atoms with van der Waals surface area (Å²) in [5, 5.41) is 12.2. The molecule has 0 atom stereocenters. The van der Waals surface area contributed by atoms with E-state index in [1.807, 2.05) is 0 Å². The number of thiophene rings is 1. The summed E-state index contributed by atoms with van der Waals surface area (Å²) >= 11 is 0.959. The van der Waals surface area contributed by atoms with Gasteiger partial charge in [0.2, 0.25) is 0 Å². The SMILES string of the molecule is NC(=O)c1ccc(C#CCNC(=O)c2cc3c(C(F)(F)F)cccc3s2)cc1O. The number of nitrogens with two attached hydrogens (primary N) is 1. The van der Waals surface area contributed by atoms with E-state index in [4.69, 9.17) is 5.73 Å². The molecule has 0 fully saturated rings. The number of nitrogens with one attached hydrogen (secondary N) is 1. The highest BCUT2D eigenvalue weighted by molar-refractivity contribution is 7.20. The molecule has 5 nitrogen and oxygen atoms in total. The van der Waals surface area contributed by atoms with Gasteiger partial charge in [-0.05, 0) is 36.4 Å². The molecular weight excluding hydrogens is 405 g/mol. The van der Waals surface area contributed by atoms with E-state index in [-0.39, 0.29) is 28.1 Å². The van der Waals surface area contributed by atoms with E-state index in [1.165, 1.54) is 36.4 Å². The summed E-state index contributed by atoms with van der Waals surface area (Å²) in [5.41, 5.74) is 4.67. The lowest BCUT2D eigenvalue weighted by Gasteiger charge is -2.06. The predicted molar refractivity (Wildman–Crippen MR) is 103 cm³/mol. The maximum absolute atomic E-state index is 13.1. The zero-order valence-electron chi connectivity index (χ0n) is 14.6. The van der Waals surface area contributed by atoms with E-state index >= 15 is 0 Å². The Morgan fingerprint density at radius 1 is 1.17 bits per heavy atom. The van der Waals surface area contributed by atoms with Crippen molar-refractivity contribution >= 4 is 33.2 Å². The van der Waals surface area contributed by atoms with Crippen LogP contribution in [0.15, 0.2) is 42.5 Å². The molecule has 0 aliphatic rings. The summed E-state index contributed by atoms with van der Waals surface area (Å²) < 4.78 is 39.6. The Balaban J connectivity index is 1.70. The van der Waals surface area contributed by atoms with Crippen molar-refractivity contribution in [2.45, 2.75) is 6.18 Å². The number of primary amides is 1. The van der Waals surface area contributed by atoms with Gasteiger partial charge in [0, 0.05) is 15.6 Å². The first-order valence-electron chi connectivity index (χ1n) is 8.16. The van der Waals surface area contributed by atoms with E-state index < -0.39 is 23.6 Å². The Kier molecular flexibility index (Phi) is 5.48. The van der Waals surface area contributed by atoms with E-state index in [2.05, 4.69) is 17.2 Å². The molecule has 0 saturated carbocycles. The maximum atomic E-state index is 13.1. The van der Waals surface area contributed by atoms with Gasteiger partial charge in [-0.3, -0.25) is 9.59 Å². The Hall–Kier alpha value is -3.51. The Morgan fingerprint density at radius 2 is 1.93 bits per heavy atom. The molecule has 1 heterocycles. The number of hydrogen-bond acceptors (Lipinski definition) is 4. The number of hydrogen-bond donors (Lipinski definition) is 3. The van der Waals surface area contributed by atoms with Crippen LogP contribution in [0.2, 0.25) is 0 Å². The molecule has 1 aromatic heterocycles. The second-order valence-corrected chi connectivity index (χ2v) is 6.99. The monoisotopic (exact) mass is 418 g/mol. The normalized spacial score (nSPS) is 11.0. The van der Waals surface area contributed by atoms with Crippen LogP contribution in [0.5, 0.6) is 5.75 Å². The lowest BCUT2D eigenvalue weighted by atomic mass is 10.1. The molecule has 0 radical (unpaired) electrons. The first kappa shape index (κ1) is 20.2. The van der Waals surface area contributed by atoms with Crippen LogP contribution in [0.3, 0.4) is 0 Å². The van der Waals surface area contributed by atoms with Gasteiger partial charge >= 0.3 is 6.18 Å². The molecule has 0 spiro atoms. The van der Waals surface area contributed by atoms with Crippen LogP contribution in [0.4, 0.5) is 13.2 Å². The molecule has 2 amide bonds. The molecule has 0 saturated heterocycles. The lowest BCUT2D eigenvalue weighted by molar-refractivity contribution is -0.136. The summed E-state index contributed by atoms with van der Waals surface area (Å²) in [5.74, 6) is 3.74. The van der Waals surface area contributed by atoms with Crippen LogP contribution in [0.25, 0.3) is 10.1 Å². The third kappa shape index (κ3) is 4.50. The van der Waals surface area contributed by atoms with Crippen molar-refractivity contribution in [3.8, 4) is 17.6 Å². The van der Waals surface area contributed by atoms with Crippen LogP contribution in [-0.2, 0) is 6.18 Å². The number of benzene rings is 2. The van der Waals surface area contributed by atoms with Crippen molar-refractivity contribution in [3.05, 3.63) is 64.0 Å². The molecule has 3 aromatic rings. The van der Waals surface area contributed by atoms with Crippen LogP contribution >= 0.6 is 11.3 Å². The van der Waals surface area contributed by atoms with Crippen molar-refractivity contribution in [1.29, 1.82) is 0 Å². The van der Waals surface area contributed by atoms with Crippen LogP contribution in [-0.4, -0.2) is 23.5 Å². The smallest absolute Gasteiger partial charge is 0.417 e. The minimum absolute atomic E-state index is 0.0220. The van der Waals surface area contributed by atoms with Gasteiger partial charge in [-0.1, -0.05) is 17.9 Å². The molecule has 0 aliphatic heterocycles. The molecule has 0 unspecified atom stereocenters. The summed E-state index contributed by atoms with van der Waals surface area (Å²) in [6, 6.07) is 9.09. The quantitative estimate of drug-likeness (QED) is 0.569.